The minimum atomic E-state index is -3.61. The van der Waals surface area contributed by atoms with Gasteiger partial charge in [0.25, 0.3) is 0 Å². The molecule has 3 fully saturated rings. The Morgan fingerprint density at radius 2 is 2.07 bits per heavy atom. The van der Waals surface area contributed by atoms with Crippen molar-refractivity contribution in [3.05, 3.63) is 24.8 Å². The molecule has 2 saturated carbocycles. The van der Waals surface area contributed by atoms with Crippen molar-refractivity contribution in [2.75, 3.05) is 12.4 Å². The number of fused-ring (bicyclic) bond motifs is 1. The van der Waals surface area contributed by atoms with Crippen molar-refractivity contribution < 1.29 is 18.3 Å². The molecule has 1 spiro atoms. The van der Waals surface area contributed by atoms with E-state index in [1.807, 2.05) is 6.92 Å². The van der Waals surface area contributed by atoms with Gasteiger partial charge in [-0.1, -0.05) is 39.0 Å². The minimum Gasteiger partial charge on any atom is -0.392 e. The third-order valence-corrected chi connectivity index (χ3v) is 9.80. The van der Waals surface area contributed by atoms with Crippen LogP contribution in [0.5, 0.6) is 0 Å². The van der Waals surface area contributed by atoms with Gasteiger partial charge in [-0.3, -0.25) is 4.79 Å². The van der Waals surface area contributed by atoms with Gasteiger partial charge < -0.3 is 5.11 Å². The van der Waals surface area contributed by atoms with E-state index in [-0.39, 0.29) is 41.1 Å². The molecule has 3 rings (SSSR count). The summed E-state index contributed by atoms with van der Waals surface area (Å²) in [6, 6.07) is -0.204. The molecule has 0 aromatic carbocycles. The number of allylic oxidation sites excluding steroid dienone is 1. The second-order valence-electron chi connectivity index (χ2n) is 9.48. The van der Waals surface area contributed by atoms with E-state index >= 15 is 0 Å². The Kier molecular flexibility index (Phi) is 5.13. The smallest absolute Gasteiger partial charge is 0.240 e. The monoisotopic (exact) mass is 395 g/mol. The molecule has 1 amide bonds. The Labute approximate surface area is 163 Å². The number of sulfonamides is 1. The Morgan fingerprint density at radius 1 is 1.41 bits per heavy atom. The average Bonchev–Trinajstić information content (AvgIpc) is 3.06. The first-order valence-electron chi connectivity index (χ1n) is 9.96. The second kappa shape index (κ2) is 6.73. The average molecular weight is 396 g/mol. The topological polar surface area (TPSA) is 74.7 Å². The summed E-state index contributed by atoms with van der Waals surface area (Å²) >= 11 is 0. The van der Waals surface area contributed by atoms with Crippen LogP contribution in [-0.4, -0.2) is 42.1 Å². The summed E-state index contributed by atoms with van der Waals surface area (Å²) in [4.78, 5) is 13.5. The Morgan fingerprint density at radius 3 is 2.63 bits per heavy atom. The number of nitrogens with zero attached hydrogens (tertiary/aromatic N) is 1. The Bertz CT molecular complexity index is 756. The molecule has 0 aromatic heterocycles. The van der Waals surface area contributed by atoms with E-state index in [1.54, 1.807) is 6.08 Å². The highest BCUT2D eigenvalue weighted by Crippen LogP contribution is 2.70. The Hall–Kier alpha value is -1.14. The van der Waals surface area contributed by atoms with E-state index in [2.05, 4.69) is 27.0 Å². The predicted octanol–water partition coefficient (Wildman–Crippen LogP) is 3.12. The molecule has 2 bridgehead atoms. The highest BCUT2D eigenvalue weighted by molar-refractivity contribution is 7.90. The van der Waals surface area contributed by atoms with E-state index in [0.717, 1.165) is 19.3 Å². The first-order chi connectivity index (χ1) is 12.5. The number of carbonyl (C=O) groups excluding carboxylic acids is 1. The van der Waals surface area contributed by atoms with Gasteiger partial charge in [0.15, 0.2) is 0 Å². The molecular weight excluding hydrogens is 362 g/mol. The van der Waals surface area contributed by atoms with E-state index < -0.39 is 15.9 Å². The van der Waals surface area contributed by atoms with Crippen LogP contribution in [0.3, 0.4) is 0 Å². The van der Waals surface area contributed by atoms with Gasteiger partial charge in [-0.05, 0) is 49.4 Å². The molecule has 1 heterocycles. The lowest BCUT2D eigenvalue weighted by Gasteiger charge is -2.37. The van der Waals surface area contributed by atoms with Crippen molar-refractivity contribution in [2.45, 2.75) is 58.9 Å². The van der Waals surface area contributed by atoms with Crippen molar-refractivity contribution >= 4 is 15.9 Å². The molecule has 27 heavy (non-hydrogen) atoms. The third kappa shape index (κ3) is 2.91. The van der Waals surface area contributed by atoms with Crippen LogP contribution in [0, 0.1) is 28.6 Å². The van der Waals surface area contributed by atoms with Crippen molar-refractivity contribution in [3.63, 3.8) is 0 Å². The summed E-state index contributed by atoms with van der Waals surface area (Å²) in [6.07, 6.45) is 5.35. The first kappa shape index (κ1) is 20.6. The van der Waals surface area contributed by atoms with E-state index in [9.17, 15) is 18.3 Å². The maximum absolute atomic E-state index is 13.5. The maximum Gasteiger partial charge on any atom is 0.240 e. The number of hydrogen-bond acceptors (Lipinski definition) is 4. The zero-order valence-corrected chi connectivity index (χ0v) is 17.6. The number of aliphatic hydroxyl groups excluding tert-OH is 1. The van der Waals surface area contributed by atoms with Gasteiger partial charge in [0.2, 0.25) is 15.9 Å². The third-order valence-electron chi connectivity index (χ3n) is 7.89. The number of amides is 1. The van der Waals surface area contributed by atoms with Crippen LogP contribution in [0.1, 0.15) is 52.9 Å². The van der Waals surface area contributed by atoms with Gasteiger partial charge in [0, 0.05) is 11.3 Å². The fourth-order valence-corrected chi connectivity index (χ4v) is 8.74. The van der Waals surface area contributed by atoms with Gasteiger partial charge >= 0.3 is 0 Å². The highest BCUT2D eigenvalue weighted by atomic mass is 32.2. The molecule has 152 valence electrons. The molecule has 2 aliphatic carbocycles. The van der Waals surface area contributed by atoms with Gasteiger partial charge in [-0.2, -0.15) is 0 Å². The van der Waals surface area contributed by atoms with Crippen molar-refractivity contribution in [2.24, 2.45) is 28.6 Å². The summed E-state index contributed by atoms with van der Waals surface area (Å²) in [5.41, 5.74) is 0.305. The standard InChI is InChI=1S/C21H33NO4S/c1-6-7-17(15(3)10-14(2)12-23)19(24)22-18-11-16-8-9-21(18,20(16,4)5)13-27(22,25)26/h6,15-18,23H,1-2,7-13H2,3-5H3/t15-,16?,17-,18?,21?/m0/s1. The molecule has 1 saturated heterocycles. The molecule has 3 unspecified atom stereocenters. The van der Waals surface area contributed by atoms with Crippen molar-refractivity contribution in [1.29, 1.82) is 0 Å². The number of aliphatic hydroxyl groups is 1. The van der Waals surface area contributed by atoms with Gasteiger partial charge in [-0.15, -0.1) is 6.58 Å². The Balaban J connectivity index is 1.93. The molecule has 5 atom stereocenters. The molecule has 0 radical (unpaired) electrons. The SMILES string of the molecule is C=CC[C@H](C(=O)N1C2CC3CCC2(CS1(=O)=O)C3(C)C)[C@@H](C)CC(=C)CO. The first-order valence-corrected chi connectivity index (χ1v) is 11.6. The summed E-state index contributed by atoms with van der Waals surface area (Å²) in [6.45, 7) is 13.8. The lowest BCUT2D eigenvalue weighted by atomic mass is 9.69. The van der Waals surface area contributed by atoms with Crippen LogP contribution in [0.15, 0.2) is 24.8 Å². The van der Waals surface area contributed by atoms with Crippen LogP contribution in [0.2, 0.25) is 0 Å². The number of carbonyl (C=O) groups is 1. The zero-order chi connectivity index (χ0) is 20.2. The fourth-order valence-electron chi connectivity index (χ4n) is 6.16. The summed E-state index contributed by atoms with van der Waals surface area (Å²) in [5, 5.41) is 9.27. The highest BCUT2D eigenvalue weighted by Gasteiger charge is 2.72. The van der Waals surface area contributed by atoms with Gasteiger partial charge in [0.05, 0.1) is 18.4 Å². The van der Waals surface area contributed by atoms with Crippen LogP contribution in [0.4, 0.5) is 0 Å². The van der Waals surface area contributed by atoms with Crippen LogP contribution >= 0.6 is 0 Å². The number of rotatable bonds is 7. The van der Waals surface area contributed by atoms with Crippen LogP contribution < -0.4 is 0 Å². The largest absolute Gasteiger partial charge is 0.392 e. The second-order valence-corrected chi connectivity index (χ2v) is 11.3. The summed E-state index contributed by atoms with van der Waals surface area (Å²) < 4.78 is 27.5. The van der Waals surface area contributed by atoms with Crippen molar-refractivity contribution in [3.8, 4) is 0 Å². The quantitative estimate of drug-likeness (QED) is 0.672. The lowest BCUT2D eigenvalue weighted by molar-refractivity contribution is -0.134. The zero-order valence-electron chi connectivity index (χ0n) is 16.8. The van der Waals surface area contributed by atoms with E-state index in [4.69, 9.17) is 0 Å². The van der Waals surface area contributed by atoms with Gasteiger partial charge in [0.1, 0.15) is 0 Å². The number of hydrogen-bond donors (Lipinski definition) is 1. The van der Waals surface area contributed by atoms with Gasteiger partial charge in [-0.25, -0.2) is 12.7 Å². The molecule has 1 aliphatic heterocycles. The van der Waals surface area contributed by atoms with Crippen LogP contribution in [-0.2, 0) is 14.8 Å². The van der Waals surface area contributed by atoms with Crippen LogP contribution in [0.25, 0.3) is 0 Å². The van der Waals surface area contributed by atoms with E-state index in [0.29, 0.717) is 24.3 Å². The molecule has 3 aliphatic rings. The lowest BCUT2D eigenvalue weighted by Crippen LogP contribution is -2.47. The molecule has 0 aromatic rings. The molecule has 1 N–H and O–H groups in total. The fraction of sp³-hybridized carbons (Fsp3) is 0.762. The van der Waals surface area contributed by atoms with Crippen molar-refractivity contribution in [1.82, 2.24) is 4.31 Å². The minimum absolute atomic E-state index is 0.0511. The predicted molar refractivity (Wildman–Crippen MR) is 106 cm³/mol. The van der Waals surface area contributed by atoms with E-state index in [1.165, 1.54) is 4.31 Å². The molecule has 6 heteroatoms. The normalized spacial score (nSPS) is 34.9. The summed E-state index contributed by atoms with van der Waals surface area (Å²) in [5.74, 6) is -0.277. The maximum atomic E-state index is 13.5. The molecule has 5 nitrogen and oxygen atoms in total. The molecular formula is C21H33NO4S. The summed E-state index contributed by atoms with van der Waals surface area (Å²) in [7, 11) is -3.61.